The Balaban J connectivity index is 2.16. The molecule has 0 saturated carbocycles. The number of benzene rings is 2. The summed E-state index contributed by atoms with van der Waals surface area (Å²) in [6.07, 6.45) is 0. The van der Waals surface area contributed by atoms with Crippen LogP contribution in [0.25, 0.3) is 0 Å². The number of para-hydroxylation sites is 2. The van der Waals surface area contributed by atoms with E-state index in [1.165, 1.54) is 11.1 Å². The van der Waals surface area contributed by atoms with E-state index in [1.54, 1.807) is 0 Å². The van der Waals surface area contributed by atoms with Crippen molar-refractivity contribution in [1.82, 2.24) is 4.90 Å². The van der Waals surface area contributed by atoms with E-state index in [1.807, 2.05) is 12.1 Å². The highest BCUT2D eigenvalue weighted by atomic mass is 16.5. The van der Waals surface area contributed by atoms with Gasteiger partial charge in [0.15, 0.2) is 0 Å². The molecule has 0 bridgehead atoms. The van der Waals surface area contributed by atoms with E-state index in [0.29, 0.717) is 6.04 Å². The first kappa shape index (κ1) is 12.2. The highest BCUT2D eigenvalue weighted by Gasteiger charge is 2.29. The normalized spacial score (nSPS) is 13.8. The molecule has 0 radical (unpaired) electrons. The Morgan fingerprint density at radius 1 is 0.842 bits per heavy atom. The van der Waals surface area contributed by atoms with Gasteiger partial charge in [-0.25, -0.2) is 0 Å². The minimum absolute atomic E-state index is 0.302. The molecule has 1 aliphatic heterocycles. The van der Waals surface area contributed by atoms with Crippen LogP contribution in [0.1, 0.15) is 31.0 Å². The summed E-state index contributed by atoms with van der Waals surface area (Å²) >= 11 is 0. The number of hydrogen-bond donors (Lipinski definition) is 0. The lowest BCUT2D eigenvalue weighted by atomic mass is 9.93. The van der Waals surface area contributed by atoms with E-state index in [-0.39, 0.29) is 0 Å². The lowest BCUT2D eigenvalue weighted by Gasteiger charge is -2.35. The molecule has 1 heterocycles. The summed E-state index contributed by atoms with van der Waals surface area (Å²) in [6.45, 7) is 6.49. The van der Waals surface area contributed by atoms with Crippen LogP contribution in [0.2, 0.25) is 0 Å². The highest BCUT2D eigenvalue weighted by molar-refractivity contribution is 5.52. The van der Waals surface area contributed by atoms with Crippen molar-refractivity contribution in [3.8, 4) is 11.5 Å². The molecule has 0 saturated heterocycles. The van der Waals surface area contributed by atoms with Crippen molar-refractivity contribution in [3.63, 3.8) is 0 Å². The maximum absolute atomic E-state index is 6.02. The number of rotatable bonds is 3. The molecule has 2 aromatic rings. The molecule has 0 spiro atoms. The van der Waals surface area contributed by atoms with Crippen LogP contribution in [-0.4, -0.2) is 18.0 Å². The van der Waals surface area contributed by atoms with Crippen molar-refractivity contribution in [2.75, 3.05) is 13.1 Å². The summed E-state index contributed by atoms with van der Waals surface area (Å²) < 4.78 is 6.02. The standard InChI is InChI=1S/C17H19NO/c1-3-18(4-2)17-13-9-5-7-11-15(13)19-16-12-8-6-10-14(16)17/h5-12,17H,3-4H2,1-2H3. The largest absolute Gasteiger partial charge is 0.457 e. The second-order valence-electron chi connectivity index (χ2n) is 4.80. The quantitative estimate of drug-likeness (QED) is 0.812. The molecular weight excluding hydrogens is 234 g/mol. The van der Waals surface area contributed by atoms with Crippen molar-refractivity contribution in [3.05, 3.63) is 59.7 Å². The first-order valence-corrected chi connectivity index (χ1v) is 6.95. The SMILES string of the molecule is CCN(CC)C1c2ccccc2Oc2ccccc21. The number of fused-ring (bicyclic) bond motifs is 2. The monoisotopic (exact) mass is 253 g/mol. The van der Waals surface area contributed by atoms with Gasteiger partial charge in [0.1, 0.15) is 11.5 Å². The van der Waals surface area contributed by atoms with Gasteiger partial charge in [-0.3, -0.25) is 4.90 Å². The topological polar surface area (TPSA) is 12.5 Å². The van der Waals surface area contributed by atoms with Crippen LogP contribution in [0.15, 0.2) is 48.5 Å². The maximum Gasteiger partial charge on any atom is 0.132 e. The lowest BCUT2D eigenvalue weighted by Crippen LogP contribution is -2.31. The molecule has 2 aromatic carbocycles. The van der Waals surface area contributed by atoms with Gasteiger partial charge in [0.2, 0.25) is 0 Å². The summed E-state index contributed by atoms with van der Waals surface area (Å²) in [5, 5.41) is 0. The third kappa shape index (κ3) is 2.02. The lowest BCUT2D eigenvalue weighted by molar-refractivity contribution is 0.235. The molecule has 0 atom stereocenters. The molecule has 0 unspecified atom stereocenters. The first-order valence-electron chi connectivity index (χ1n) is 6.95. The van der Waals surface area contributed by atoms with Gasteiger partial charge in [0.05, 0.1) is 6.04 Å². The second-order valence-corrected chi connectivity index (χ2v) is 4.80. The molecule has 3 rings (SSSR count). The molecule has 0 aromatic heterocycles. The Kier molecular flexibility index (Phi) is 3.26. The minimum atomic E-state index is 0.302. The zero-order valence-electron chi connectivity index (χ0n) is 11.5. The fourth-order valence-electron chi connectivity index (χ4n) is 2.87. The first-order chi connectivity index (χ1) is 9.35. The fourth-order valence-corrected chi connectivity index (χ4v) is 2.87. The molecule has 98 valence electrons. The number of nitrogens with zero attached hydrogens (tertiary/aromatic N) is 1. The second kappa shape index (κ2) is 5.06. The zero-order valence-corrected chi connectivity index (χ0v) is 11.5. The van der Waals surface area contributed by atoms with E-state index < -0.39 is 0 Å². The molecule has 2 nitrogen and oxygen atoms in total. The van der Waals surface area contributed by atoms with Crippen molar-refractivity contribution in [2.24, 2.45) is 0 Å². The van der Waals surface area contributed by atoms with Gasteiger partial charge < -0.3 is 4.74 Å². The van der Waals surface area contributed by atoms with E-state index in [0.717, 1.165) is 24.6 Å². The summed E-state index contributed by atoms with van der Waals surface area (Å²) in [7, 11) is 0. The minimum Gasteiger partial charge on any atom is -0.457 e. The Morgan fingerprint density at radius 2 is 1.32 bits per heavy atom. The smallest absolute Gasteiger partial charge is 0.132 e. The van der Waals surface area contributed by atoms with E-state index in [9.17, 15) is 0 Å². The van der Waals surface area contributed by atoms with Crippen molar-refractivity contribution < 1.29 is 4.74 Å². The third-order valence-corrected chi connectivity index (χ3v) is 3.82. The van der Waals surface area contributed by atoms with Crippen LogP contribution < -0.4 is 4.74 Å². The van der Waals surface area contributed by atoms with Gasteiger partial charge in [0, 0.05) is 11.1 Å². The van der Waals surface area contributed by atoms with Crippen LogP contribution in [-0.2, 0) is 0 Å². The zero-order chi connectivity index (χ0) is 13.2. The van der Waals surface area contributed by atoms with Gasteiger partial charge in [0.25, 0.3) is 0 Å². The Labute approximate surface area is 114 Å². The van der Waals surface area contributed by atoms with Gasteiger partial charge in [-0.1, -0.05) is 50.2 Å². The van der Waals surface area contributed by atoms with Crippen molar-refractivity contribution in [1.29, 1.82) is 0 Å². The molecule has 0 fully saturated rings. The van der Waals surface area contributed by atoms with Crippen LogP contribution >= 0.6 is 0 Å². The predicted octanol–water partition coefficient (Wildman–Crippen LogP) is 4.22. The molecule has 1 aliphatic rings. The molecule has 0 aliphatic carbocycles. The maximum atomic E-state index is 6.02. The highest BCUT2D eigenvalue weighted by Crippen LogP contribution is 2.45. The average Bonchev–Trinajstić information content (AvgIpc) is 2.47. The number of ether oxygens (including phenoxy) is 1. The Bertz CT molecular complexity index is 529. The van der Waals surface area contributed by atoms with Crippen molar-refractivity contribution in [2.45, 2.75) is 19.9 Å². The average molecular weight is 253 g/mol. The van der Waals surface area contributed by atoms with Crippen LogP contribution in [0.4, 0.5) is 0 Å². The van der Waals surface area contributed by atoms with Gasteiger partial charge in [-0.2, -0.15) is 0 Å². The van der Waals surface area contributed by atoms with E-state index in [4.69, 9.17) is 4.74 Å². The fraction of sp³-hybridized carbons (Fsp3) is 0.294. The van der Waals surface area contributed by atoms with Gasteiger partial charge in [-0.05, 0) is 25.2 Å². The summed E-state index contributed by atoms with van der Waals surface area (Å²) in [5.74, 6) is 1.97. The Morgan fingerprint density at radius 3 is 1.79 bits per heavy atom. The third-order valence-electron chi connectivity index (χ3n) is 3.82. The van der Waals surface area contributed by atoms with E-state index >= 15 is 0 Å². The molecule has 19 heavy (non-hydrogen) atoms. The van der Waals surface area contributed by atoms with Crippen LogP contribution in [0.3, 0.4) is 0 Å². The molecule has 2 heteroatoms. The predicted molar refractivity (Wildman–Crippen MR) is 77.7 cm³/mol. The summed E-state index contributed by atoms with van der Waals surface area (Å²) in [6, 6.07) is 17.0. The summed E-state index contributed by atoms with van der Waals surface area (Å²) in [4.78, 5) is 2.47. The van der Waals surface area contributed by atoms with Gasteiger partial charge >= 0.3 is 0 Å². The van der Waals surface area contributed by atoms with E-state index in [2.05, 4.69) is 55.1 Å². The molecular formula is C17H19NO. The molecule has 0 amide bonds. The number of hydrogen-bond acceptors (Lipinski definition) is 2. The summed E-state index contributed by atoms with van der Waals surface area (Å²) in [5.41, 5.74) is 2.54. The van der Waals surface area contributed by atoms with Crippen molar-refractivity contribution >= 4 is 0 Å². The van der Waals surface area contributed by atoms with Crippen LogP contribution in [0, 0.1) is 0 Å². The van der Waals surface area contributed by atoms with Crippen LogP contribution in [0.5, 0.6) is 11.5 Å². The van der Waals surface area contributed by atoms with Gasteiger partial charge in [-0.15, -0.1) is 0 Å². The molecule has 0 N–H and O–H groups in total. The Hall–Kier alpha value is -1.80.